The molecule has 0 radical (unpaired) electrons. The molecule has 0 spiro atoms. The van der Waals surface area contributed by atoms with Crippen molar-refractivity contribution in [3.63, 3.8) is 0 Å². The predicted octanol–water partition coefficient (Wildman–Crippen LogP) is 5.23. The average molecular weight is 511 g/mol. The van der Waals surface area contributed by atoms with E-state index in [-0.39, 0.29) is 10.8 Å². The van der Waals surface area contributed by atoms with Crippen molar-refractivity contribution in [1.82, 2.24) is 5.43 Å². The molecule has 176 valence electrons. The van der Waals surface area contributed by atoms with Gasteiger partial charge in [-0.15, -0.1) is 0 Å². The Labute approximate surface area is 208 Å². The summed E-state index contributed by atoms with van der Waals surface area (Å²) in [7, 11) is 0. The molecular formula is C25H16Cl2N2O6. The maximum atomic E-state index is 13.1. The number of amides is 1. The van der Waals surface area contributed by atoms with Crippen LogP contribution in [0.2, 0.25) is 10.0 Å². The Kier molecular flexibility index (Phi) is 6.88. The van der Waals surface area contributed by atoms with Crippen LogP contribution in [0.25, 0.3) is 22.3 Å². The lowest BCUT2D eigenvalue weighted by atomic mass is 9.97. The van der Waals surface area contributed by atoms with Gasteiger partial charge in [0, 0.05) is 11.1 Å². The minimum absolute atomic E-state index is 0.232. The Morgan fingerprint density at radius 3 is 2.11 bits per heavy atom. The summed E-state index contributed by atoms with van der Waals surface area (Å²) in [6, 6.07) is 19.1. The van der Waals surface area contributed by atoms with Gasteiger partial charge in [-0.05, 0) is 17.2 Å². The summed E-state index contributed by atoms with van der Waals surface area (Å²) < 4.78 is 10.6. The van der Waals surface area contributed by atoms with Gasteiger partial charge in [0.2, 0.25) is 5.76 Å². The first kappa shape index (κ1) is 24.0. The molecule has 0 aliphatic heterocycles. The Morgan fingerprint density at radius 1 is 0.914 bits per heavy atom. The number of hydrazine groups is 1. The molecule has 0 aliphatic rings. The van der Waals surface area contributed by atoms with E-state index in [1.54, 1.807) is 24.3 Å². The van der Waals surface area contributed by atoms with Gasteiger partial charge in [0.15, 0.2) is 5.75 Å². The highest BCUT2D eigenvalue weighted by molar-refractivity contribution is 6.40. The number of carbonyl (C=O) groups is 3. The van der Waals surface area contributed by atoms with Crippen molar-refractivity contribution in [3.05, 3.63) is 99.9 Å². The standard InChI is InChI=1S/C25H16Cl2N2O6/c26-17-11-15(19(23(31)29-28)20(27)21(17)30)24(32)35-25(33)22-18(14-9-5-2-6-10-14)16(12-34-22)13-7-3-1-4-8-13/h1-12,30H,28H2,(H,29,31). The summed E-state index contributed by atoms with van der Waals surface area (Å²) in [6.45, 7) is 0. The highest BCUT2D eigenvalue weighted by Crippen LogP contribution is 2.39. The van der Waals surface area contributed by atoms with E-state index in [2.05, 4.69) is 0 Å². The molecule has 0 fully saturated rings. The number of phenols is 1. The van der Waals surface area contributed by atoms with Crippen LogP contribution in [0.5, 0.6) is 5.75 Å². The van der Waals surface area contributed by atoms with Gasteiger partial charge in [-0.3, -0.25) is 10.2 Å². The maximum absolute atomic E-state index is 13.1. The van der Waals surface area contributed by atoms with E-state index in [4.69, 9.17) is 38.2 Å². The molecule has 4 N–H and O–H groups in total. The number of benzene rings is 3. The second-order valence-corrected chi connectivity index (χ2v) is 7.96. The largest absolute Gasteiger partial charge is 0.505 e. The van der Waals surface area contributed by atoms with Crippen LogP contribution in [0.15, 0.2) is 77.4 Å². The van der Waals surface area contributed by atoms with Gasteiger partial charge in [-0.25, -0.2) is 15.4 Å². The molecule has 0 saturated carbocycles. The fraction of sp³-hybridized carbons (Fsp3) is 0. The maximum Gasteiger partial charge on any atom is 0.382 e. The number of rotatable bonds is 5. The molecule has 0 bridgehead atoms. The van der Waals surface area contributed by atoms with E-state index in [1.165, 1.54) is 6.26 Å². The summed E-state index contributed by atoms with van der Waals surface area (Å²) in [5.41, 5.74) is 3.27. The monoisotopic (exact) mass is 510 g/mol. The SMILES string of the molecule is NNC(=O)c1c(C(=O)OC(=O)c2occ(-c3ccccc3)c2-c2ccccc2)cc(Cl)c(O)c1Cl. The van der Waals surface area contributed by atoms with Crippen LogP contribution in [-0.4, -0.2) is 23.0 Å². The van der Waals surface area contributed by atoms with Gasteiger partial charge in [0.25, 0.3) is 5.91 Å². The van der Waals surface area contributed by atoms with Gasteiger partial charge in [-0.1, -0.05) is 83.9 Å². The number of nitrogen functional groups attached to an aromatic ring is 1. The molecule has 4 rings (SSSR count). The molecule has 1 heterocycles. The number of aromatic hydroxyl groups is 1. The van der Waals surface area contributed by atoms with Gasteiger partial charge in [0.1, 0.15) is 6.26 Å². The zero-order chi connectivity index (χ0) is 25.1. The van der Waals surface area contributed by atoms with Crippen LogP contribution in [0.3, 0.4) is 0 Å². The number of ether oxygens (including phenoxy) is 1. The zero-order valence-corrected chi connectivity index (χ0v) is 19.3. The molecular weight excluding hydrogens is 495 g/mol. The lowest BCUT2D eigenvalue weighted by Crippen LogP contribution is -2.32. The van der Waals surface area contributed by atoms with Crippen LogP contribution < -0.4 is 11.3 Å². The third-order valence-electron chi connectivity index (χ3n) is 5.08. The molecule has 8 nitrogen and oxygen atoms in total. The Bertz CT molecular complexity index is 1440. The normalized spacial score (nSPS) is 10.6. The van der Waals surface area contributed by atoms with Gasteiger partial charge >= 0.3 is 11.9 Å². The van der Waals surface area contributed by atoms with Crippen molar-refractivity contribution in [2.75, 3.05) is 0 Å². The third kappa shape index (κ3) is 4.63. The van der Waals surface area contributed by atoms with Gasteiger partial charge in [0.05, 0.1) is 21.2 Å². The molecule has 0 atom stereocenters. The quantitative estimate of drug-likeness (QED) is 0.110. The first-order valence-electron chi connectivity index (χ1n) is 10.0. The number of nitrogens with two attached hydrogens (primary N) is 1. The van der Waals surface area contributed by atoms with E-state index in [9.17, 15) is 19.5 Å². The lowest BCUT2D eigenvalue weighted by Gasteiger charge is -2.12. The second-order valence-electron chi connectivity index (χ2n) is 7.18. The van der Waals surface area contributed by atoms with Crippen LogP contribution in [0, 0.1) is 0 Å². The van der Waals surface area contributed by atoms with Gasteiger partial charge < -0.3 is 14.3 Å². The average Bonchev–Trinajstić information content (AvgIpc) is 3.33. The molecule has 10 heteroatoms. The van der Waals surface area contributed by atoms with E-state index >= 15 is 0 Å². The number of phenolic OH excluding ortho intramolecular Hbond substituents is 1. The molecule has 35 heavy (non-hydrogen) atoms. The second kappa shape index (κ2) is 10.0. The van der Waals surface area contributed by atoms with Crippen LogP contribution in [0.4, 0.5) is 0 Å². The van der Waals surface area contributed by atoms with Crippen molar-refractivity contribution < 1.29 is 28.6 Å². The molecule has 0 saturated heterocycles. The fourth-order valence-corrected chi connectivity index (χ4v) is 4.02. The fourth-order valence-electron chi connectivity index (χ4n) is 3.48. The van der Waals surface area contributed by atoms with Gasteiger partial charge in [-0.2, -0.15) is 0 Å². The number of hydrogen-bond acceptors (Lipinski definition) is 7. The van der Waals surface area contributed by atoms with E-state index in [0.717, 1.165) is 11.6 Å². The van der Waals surface area contributed by atoms with Crippen LogP contribution >= 0.6 is 23.2 Å². The topological polar surface area (TPSA) is 132 Å². The summed E-state index contributed by atoms with van der Waals surface area (Å²) in [6.07, 6.45) is 1.39. The summed E-state index contributed by atoms with van der Waals surface area (Å²) in [5, 5.41) is 9.08. The van der Waals surface area contributed by atoms with E-state index in [1.807, 2.05) is 41.8 Å². The van der Waals surface area contributed by atoms with Crippen molar-refractivity contribution in [2.24, 2.45) is 5.84 Å². The third-order valence-corrected chi connectivity index (χ3v) is 5.74. The number of hydrogen-bond donors (Lipinski definition) is 3. The van der Waals surface area contributed by atoms with E-state index in [0.29, 0.717) is 16.7 Å². The Hall–Kier alpha value is -4.11. The van der Waals surface area contributed by atoms with Crippen molar-refractivity contribution >= 4 is 41.0 Å². The first-order chi connectivity index (χ1) is 16.8. The number of carbonyl (C=O) groups excluding carboxylic acids is 3. The first-order valence-corrected chi connectivity index (χ1v) is 10.8. The summed E-state index contributed by atoms with van der Waals surface area (Å²) >= 11 is 11.9. The molecule has 1 aromatic heterocycles. The minimum Gasteiger partial charge on any atom is -0.505 e. The highest BCUT2D eigenvalue weighted by atomic mass is 35.5. The number of esters is 2. The molecule has 3 aromatic carbocycles. The molecule has 1 amide bonds. The Balaban J connectivity index is 1.76. The Morgan fingerprint density at radius 2 is 1.51 bits per heavy atom. The van der Waals surface area contributed by atoms with Crippen molar-refractivity contribution in [3.8, 4) is 28.0 Å². The number of nitrogens with one attached hydrogen (secondary N) is 1. The van der Waals surface area contributed by atoms with Crippen LogP contribution in [0.1, 0.15) is 31.3 Å². The highest BCUT2D eigenvalue weighted by Gasteiger charge is 2.30. The van der Waals surface area contributed by atoms with Crippen molar-refractivity contribution in [1.29, 1.82) is 0 Å². The predicted molar refractivity (Wildman–Crippen MR) is 129 cm³/mol. The van der Waals surface area contributed by atoms with Crippen molar-refractivity contribution in [2.45, 2.75) is 0 Å². The van der Waals surface area contributed by atoms with Crippen LogP contribution in [-0.2, 0) is 4.74 Å². The molecule has 0 aliphatic carbocycles. The lowest BCUT2D eigenvalue weighted by molar-refractivity contribution is 0.0374. The number of halogens is 2. The van der Waals surface area contributed by atoms with E-state index < -0.39 is 39.7 Å². The summed E-state index contributed by atoms with van der Waals surface area (Å²) in [5.74, 6) is 0.912. The zero-order valence-electron chi connectivity index (χ0n) is 17.7. The summed E-state index contributed by atoms with van der Waals surface area (Å²) in [4.78, 5) is 38.2. The molecule has 4 aromatic rings. The smallest absolute Gasteiger partial charge is 0.382 e. The minimum atomic E-state index is -1.26. The number of furan rings is 1. The molecule has 0 unspecified atom stereocenters.